The van der Waals surface area contributed by atoms with E-state index < -0.39 is 4.92 Å². The van der Waals surface area contributed by atoms with Crippen molar-refractivity contribution in [3.05, 3.63) is 46.3 Å². The van der Waals surface area contributed by atoms with Crippen molar-refractivity contribution < 1.29 is 9.66 Å². The summed E-state index contributed by atoms with van der Waals surface area (Å²) < 4.78 is 5.60. The van der Waals surface area contributed by atoms with E-state index in [4.69, 9.17) is 4.74 Å². The molecule has 1 aliphatic rings. The Hall–Kier alpha value is -2.94. The van der Waals surface area contributed by atoms with Crippen LogP contribution in [0.3, 0.4) is 0 Å². The average Bonchev–Trinajstić information content (AvgIpc) is 2.72. The molecule has 0 radical (unpaired) electrons. The molecule has 0 bridgehead atoms. The molecule has 1 aliphatic carbocycles. The second-order valence-electron chi connectivity index (χ2n) is 7.77. The van der Waals surface area contributed by atoms with Crippen molar-refractivity contribution in [1.82, 2.24) is 15.3 Å². The molecule has 0 saturated heterocycles. The summed E-state index contributed by atoms with van der Waals surface area (Å²) >= 11 is 0. The summed E-state index contributed by atoms with van der Waals surface area (Å²) in [6.07, 6.45) is 4.24. The molecule has 0 aliphatic heterocycles. The maximum atomic E-state index is 11.0. The van der Waals surface area contributed by atoms with Crippen LogP contribution in [0.5, 0.6) is 5.75 Å². The molecule has 0 spiro atoms. The van der Waals surface area contributed by atoms with Gasteiger partial charge in [0.2, 0.25) is 0 Å². The lowest BCUT2D eigenvalue weighted by molar-refractivity contribution is -0.385. The number of aromatic nitrogens is 2. The molecule has 9 heteroatoms. The fraction of sp³-hybridized carbons (Fsp3) is 0.524. The predicted molar refractivity (Wildman–Crippen MR) is 117 cm³/mol. The number of benzene rings is 1. The van der Waals surface area contributed by atoms with Crippen LogP contribution in [-0.4, -0.2) is 54.2 Å². The second-order valence-corrected chi connectivity index (χ2v) is 7.77. The number of hydrogen-bond donors (Lipinski definition) is 2. The van der Waals surface area contributed by atoms with Crippen LogP contribution >= 0.6 is 0 Å². The van der Waals surface area contributed by atoms with Crippen molar-refractivity contribution in [3.63, 3.8) is 0 Å². The van der Waals surface area contributed by atoms with Gasteiger partial charge in [-0.15, -0.1) is 0 Å². The summed E-state index contributed by atoms with van der Waals surface area (Å²) in [4.78, 5) is 21.5. The van der Waals surface area contributed by atoms with Crippen molar-refractivity contribution in [2.45, 2.75) is 44.7 Å². The summed E-state index contributed by atoms with van der Waals surface area (Å²) in [5.74, 6) is 2.85. The first kappa shape index (κ1) is 21.8. The van der Waals surface area contributed by atoms with Gasteiger partial charge in [-0.1, -0.05) is 12.1 Å². The molecule has 30 heavy (non-hydrogen) atoms. The van der Waals surface area contributed by atoms with Crippen LogP contribution in [0.4, 0.5) is 17.3 Å². The lowest BCUT2D eigenvalue weighted by Gasteiger charge is -2.30. The van der Waals surface area contributed by atoms with Crippen LogP contribution in [0.1, 0.15) is 31.5 Å². The van der Waals surface area contributed by atoms with E-state index >= 15 is 0 Å². The Morgan fingerprint density at radius 3 is 2.57 bits per heavy atom. The van der Waals surface area contributed by atoms with E-state index in [0.717, 1.165) is 43.1 Å². The number of aryl methyl sites for hydroxylation is 1. The third-order valence-electron chi connectivity index (χ3n) is 5.22. The van der Waals surface area contributed by atoms with E-state index in [0.29, 0.717) is 31.0 Å². The molecule has 9 nitrogen and oxygen atoms in total. The molecule has 1 heterocycles. The molecule has 2 aromatic rings. The smallest absolute Gasteiger partial charge is 0.310 e. The maximum Gasteiger partial charge on any atom is 0.310 e. The highest BCUT2D eigenvalue weighted by Gasteiger charge is 2.21. The predicted octanol–water partition coefficient (Wildman–Crippen LogP) is 3.15. The largest absolute Gasteiger partial charge is 0.485 e. The lowest BCUT2D eigenvalue weighted by Crippen LogP contribution is -2.38. The molecule has 1 aromatic heterocycles. The van der Waals surface area contributed by atoms with Gasteiger partial charge in [-0.05, 0) is 38.7 Å². The lowest BCUT2D eigenvalue weighted by atomic mass is 9.91. The van der Waals surface area contributed by atoms with Gasteiger partial charge in [0.15, 0.2) is 5.75 Å². The second kappa shape index (κ2) is 10.2. The number of nitro benzene ring substituents is 1. The van der Waals surface area contributed by atoms with E-state index in [-0.39, 0.29) is 5.69 Å². The fourth-order valence-corrected chi connectivity index (χ4v) is 3.66. The van der Waals surface area contributed by atoms with E-state index in [2.05, 4.69) is 20.6 Å². The number of nitrogens with zero attached hydrogens (tertiary/aromatic N) is 4. The number of rotatable bonds is 9. The molecular weight excluding hydrogens is 384 g/mol. The summed E-state index contributed by atoms with van der Waals surface area (Å²) in [7, 11) is 3.95. The first-order valence-electron chi connectivity index (χ1n) is 10.3. The number of nitrogens with one attached hydrogen (secondary N) is 2. The van der Waals surface area contributed by atoms with Crippen molar-refractivity contribution in [2.24, 2.45) is 0 Å². The fourth-order valence-electron chi connectivity index (χ4n) is 3.66. The van der Waals surface area contributed by atoms with Crippen LogP contribution in [0.2, 0.25) is 0 Å². The third-order valence-corrected chi connectivity index (χ3v) is 5.22. The van der Waals surface area contributed by atoms with Gasteiger partial charge in [-0.25, -0.2) is 9.97 Å². The van der Waals surface area contributed by atoms with Crippen LogP contribution in [0.15, 0.2) is 30.3 Å². The summed E-state index contributed by atoms with van der Waals surface area (Å²) in [5, 5.41) is 18.1. The summed E-state index contributed by atoms with van der Waals surface area (Å²) in [6.45, 7) is 2.97. The Bertz CT molecular complexity index is 852. The van der Waals surface area contributed by atoms with Crippen LogP contribution < -0.4 is 20.3 Å². The molecule has 1 fully saturated rings. The number of ether oxygens (including phenoxy) is 1. The normalized spacial score (nSPS) is 18.6. The number of anilines is 2. The molecular formula is C21H30N6O3. The molecule has 1 saturated carbocycles. The van der Waals surface area contributed by atoms with Crippen molar-refractivity contribution in [2.75, 3.05) is 37.5 Å². The third kappa shape index (κ3) is 6.03. The van der Waals surface area contributed by atoms with Gasteiger partial charge >= 0.3 is 5.69 Å². The monoisotopic (exact) mass is 414 g/mol. The molecule has 0 amide bonds. The first-order chi connectivity index (χ1) is 14.4. The Labute approximate surface area is 177 Å². The number of para-hydroxylation sites is 2. The van der Waals surface area contributed by atoms with Crippen LogP contribution in [-0.2, 0) is 0 Å². The van der Waals surface area contributed by atoms with Gasteiger partial charge in [-0.2, -0.15) is 0 Å². The molecule has 2 N–H and O–H groups in total. The van der Waals surface area contributed by atoms with Gasteiger partial charge in [0.1, 0.15) is 24.1 Å². The standard InChI is InChI=1S/C21H30N6O3/c1-15-23-20(14-21(24-15)26(2)3)25-17-10-8-16(9-11-17)22-12-13-30-19-7-5-4-6-18(19)27(28)29/h4-7,14,16-17,22H,8-13H2,1-3H3,(H,23,24,25). The van der Waals surface area contributed by atoms with Crippen molar-refractivity contribution in [3.8, 4) is 5.75 Å². The van der Waals surface area contributed by atoms with E-state index in [9.17, 15) is 10.1 Å². The van der Waals surface area contributed by atoms with Gasteiger partial charge < -0.3 is 20.3 Å². The highest BCUT2D eigenvalue weighted by Crippen LogP contribution is 2.26. The molecule has 0 unspecified atom stereocenters. The van der Waals surface area contributed by atoms with E-state index in [1.807, 2.05) is 32.0 Å². The van der Waals surface area contributed by atoms with Crippen LogP contribution in [0, 0.1) is 17.0 Å². The topological polar surface area (TPSA) is 105 Å². The first-order valence-corrected chi connectivity index (χ1v) is 10.3. The molecule has 0 atom stereocenters. The van der Waals surface area contributed by atoms with Gasteiger partial charge in [0.25, 0.3) is 0 Å². The zero-order valence-corrected chi connectivity index (χ0v) is 17.8. The Balaban J connectivity index is 1.40. The molecule has 162 valence electrons. The van der Waals surface area contributed by atoms with E-state index in [1.165, 1.54) is 6.07 Å². The SMILES string of the molecule is Cc1nc(NC2CCC(NCCOc3ccccc3[N+](=O)[O-])CC2)cc(N(C)C)n1. The van der Waals surface area contributed by atoms with Crippen molar-refractivity contribution in [1.29, 1.82) is 0 Å². The minimum atomic E-state index is -0.419. The quantitative estimate of drug-likeness (QED) is 0.366. The maximum absolute atomic E-state index is 11.0. The summed E-state index contributed by atoms with van der Waals surface area (Å²) in [5.41, 5.74) is 0.00136. The minimum absolute atomic E-state index is 0.00136. The van der Waals surface area contributed by atoms with Gasteiger partial charge in [0, 0.05) is 44.9 Å². The van der Waals surface area contributed by atoms with Crippen molar-refractivity contribution >= 4 is 17.3 Å². The highest BCUT2D eigenvalue weighted by molar-refractivity contribution is 5.49. The average molecular weight is 415 g/mol. The van der Waals surface area contributed by atoms with E-state index in [1.54, 1.807) is 18.2 Å². The van der Waals surface area contributed by atoms with Gasteiger partial charge in [-0.3, -0.25) is 10.1 Å². The zero-order chi connectivity index (χ0) is 21.5. The Morgan fingerprint density at radius 1 is 1.17 bits per heavy atom. The highest BCUT2D eigenvalue weighted by atomic mass is 16.6. The molecule has 1 aromatic carbocycles. The number of hydrogen-bond acceptors (Lipinski definition) is 8. The molecule has 3 rings (SSSR count). The van der Waals surface area contributed by atoms with Gasteiger partial charge in [0.05, 0.1) is 4.92 Å². The van der Waals surface area contributed by atoms with Crippen LogP contribution in [0.25, 0.3) is 0 Å². The minimum Gasteiger partial charge on any atom is -0.485 e. The Kier molecular flexibility index (Phi) is 7.40. The number of nitro groups is 1. The zero-order valence-electron chi connectivity index (χ0n) is 17.8. The Morgan fingerprint density at radius 2 is 1.87 bits per heavy atom. The summed E-state index contributed by atoms with van der Waals surface area (Å²) in [6, 6.07) is 9.28.